The average Bonchev–Trinajstić information content (AvgIpc) is 2.96. The number of hydrogen-bond donors (Lipinski definition) is 1. The first-order chi connectivity index (χ1) is 19.2. The summed E-state index contributed by atoms with van der Waals surface area (Å²) < 4.78 is 54.0. The molecule has 11 heteroatoms. The molecule has 0 aromatic heterocycles. The van der Waals surface area contributed by atoms with Crippen molar-refractivity contribution in [3.05, 3.63) is 65.0 Å². The summed E-state index contributed by atoms with van der Waals surface area (Å²) in [5.41, 5.74) is 1.16. The van der Waals surface area contributed by atoms with Crippen molar-refractivity contribution >= 4 is 17.6 Å². The highest BCUT2D eigenvalue weighted by Gasteiger charge is 2.38. The van der Waals surface area contributed by atoms with Crippen molar-refractivity contribution < 1.29 is 47.1 Å². The fourth-order valence-electron chi connectivity index (χ4n) is 4.52. The van der Waals surface area contributed by atoms with E-state index in [1.165, 1.54) is 54.6 Å². The van der Waals surface area contributed by atoms with Gasteiger partial charge in [0, 0.05) is 36.6 Å². The van der Waals surface area contributed by atoms with Crippen molar-refractivity contribution in [3.8, 4) is 34.5 Å². The van der Waals surface area contributed by atoms with E-state index < -0.39 is 29.9 Å². The topological polar surface area (TPSA) is 111 Å². The number of benzene rings is 3. The molecule has 0 saturated heterocycles. The van der Waals surface area contributed by atoms with E-state index in [9.17, 15) is 14.0 Å². The highest BCUT2D eigenvalue weighted by Crippen LogP contribution is 2.46. The number of rotatable bonds is 9. The summed E-state index contributed by atoms with van der Waals surface area (Å²) in [6.07, 6.45) is -1.47. The number of nitrogens with one attached hydrogen (secondary N) is 1. The average molecular weight is 556 g/mol. The minimum Gasteiger partial charge on any atom is -0.496 e. The van der Waals surface area contributed by atoms with Crippen LogP contribution in [0.1, 0.15) is 34.5 Å². The highest BCUT2D eigenvalue weighted by molar-refractivity contribution is 5.94. The van der Waals surface area contributed by atoms with Crippen molar-refractivity contribution in [1.82, 2.24) is 0 Å². The van der Waals surface area contributed by atoms with Gasteiger partial charge < -0.3 is 38.5 Å². The Kier molecular flexibility index (Phi) is 8.52. The maximum Gasteiger partial charge on any atom is 0.338 e. The van der Waals surface area contributed by atoms with Crippen molar-refractivity contribution in [2.45, 2.75) is 25.6 Å². The van der Waals surface area contributed by atoms with Gasteiger partial charge in [-0.1, -0.05) is 0 Å². The second-order valence-electron chi connectivity index (χ2n) is 8.83. The molecule has 4 rings (SSSR count). The second kappa shape index (κ2) is 12.0. The number of methoxy groups -OCH3 is 5. The van der Waals surface area contributed by atoms with Crippen molar-refractivity contribution in [1.29, 1.82) is 0 Å². The lowest BCUT2D eigenvalue weighted by molar-refractivity contribution is -0.114. The van der Waals surface area contributed by atoms with Gasteiger partial charge in [-0.3, -0.25) is 4.79 Å². The van der Waals surface area contributed by atoms with E-state index in [2.05, 4.69) is 5.32 Å². The van der Waals surface area contributed by atoms with E-state index in [0.717, 1.165) is 6.07 Å². The second-order valence-corrected chi connectivity index (χ2v) is 8.83. The Bertz CT molecular complexity index is 1400. The lowest BCUT2D eigenvalue weighted by atomic mass is 9.93. The predicted molar refractivity (Wildman–Crippen MR) is 143 cm³/mol. The first kappa shape index (κ1) is 28.3. The molecule has 1 N–H and O–H groups in total. The smallest absolute Gasteiger partial charge is 0.338 e. The molecule has 0 unspecified atom stereocenters. The zero-order valence-electron chi connectivity index (χ0n) is 23.0. The Labute approximate surface area is 230 Å². The van der Waals surface area contributed by atoms with Gasteiger partial charge in [-0.15, -0.1) is 0 Å². The molecule has 10 nitrogen and oxygen atoms in total. The van der Waals surface area contributed by atoms with Gasteiger partial charge in [-0.25, -0.2) is 9.18 Å². The number of fused-ring (bicyclic) bond motifs is 1. The van der Waals surface area contributed by atoms with Gasteiger partial charge in [0.25, 0.3) is 0 Å². The molecule has 0 radical (unpaired) electrons. The summed E-state index contributed by atoms with van der Waals surface area (Å²) in [6.45, 7) is 1.24. The molecule has 40 heavy (non-hydrogen) atoms. The van der Waals surface area contributed by atoms with E-state index in [0.29, 0.717) is 45.6 Å². The molecule has 1 aliphatic rings. The number of hydrogen-bond acceptors (Lipinski definition) is 9. The summed E-state index contributed by atoms with van der Waals surface area (Å²) in [7, 11) is 7.53. The third-order valence-corrected chi connectivity index (χ3v) is 6.38. The largest absolute Gasteiger partial charge is 0.496 e. The Hall–Kier alpha value is -4.67. The molecule has 212 valence electrons. The Morgan fingerprint density at radius 1 is 0.875 bits per heavy atom. The molecule has 0 saturated carbocycles. The Morgan fingerprint density at radius 3 is 2.12 bits per heavy atom. The van der Waals surface area contributed by atoms with Gasteiger partial charge in [-0.05, 0) is 30.3 Å². The van der Waals surface area contributed by atoms with Crippen LogP contribution < -0.4 is 33.7 Å². The predicted octanol–water partition coefficient (Wildman–Crippen LogP) is 4.73. The highest BCUT2D eigenvalue weighted by atomic mass is 19.1. The standard InChI is InChI=1S/C29H30FNO9/c1-15(32)31-21-9-16(7-8-20(21)30)29(33)40-26-14-19-22(35-3)12-18(34-2)13-23(19)39-27(26)17-10-24(36-4)28(38-6)25(11-17)37-5/h7-13,26-27H,14H2,1-6H3,(H,31,32)/t26-,27-/m1/s1. The van der Waals surface area contributed by atoms with E-state index >= 15 is 0 Å². The molecule has 0 bridgehead atoms. The van der Waals surface area contributed by atoms with Crippen LogP contribution in [0.2, 0.25) is 0 Å². The van der Waals surface area contributed by atoms with Gasteiger partial charge in [0.1, 0.15) is 29.2 Å². The lowest BCUT2D eigenvalue weighted by Crippen LogP contribution is -2.35. The molecule has 1 amide bonds. The molecule has 0 fully saturated rings. The first-order valence-electron chi connectivity index (χ1n) is 12.2. The number of carbonyl (C=O) groups is 2. The van der Waals surface area contributed by atoms with E-state index in [-0.39, 0.29) is 17.7 Å². The summed E-state index contributed by atoms with van der Waals surface area (Å²) in [6, 6.07) is 10.4. The van der Waals surface area contributed by atoms with Crippen LogP contribution in [0.15, 0.2) is 42.5 Å². The molecule has 3 aromatic carbocycles. The van der Waals surface area contributed by atoms with Gasteiger partial charge in [-0.2, -0.15) is 0 Å². The molecular formula is C29H30FNO9. The van der Waals surface area contributed by atoms with Crippen molar-refractivity contribution in [2.24, 2.45) is 0 Å². The van der Waals surface area contributed by atoms with Crippen LogP contribution in [0, 0.1) is 5.82 Å². The van der Waals surface area contributed by atoms with Crippen molar-refractivity contribution in [2.75, 3.05) is 40.9 Å². The third kappa shape index (κ3) is 5.68. The third-order valence-electron chi connectivity index (χ3n) is 6.38. The van der Waals surface area contributed by atoms with Gasteiger partial charge in [0.15, 0.2) is 17.6 Å². The first-order valence-corrected chi connectivity index (χ1v) is 12.2. The zero-order chi connectivity index (χ0) is 29.0. The fraction of sp³-hybridized carbons (Fsp3) is 0.310. The van der Waals surface area contributed by atoms with Crippen LogP contribution >= 0.6 is 0 Å². The summed E-state index contributed by atoms with van der Waals surface area (Å²) in [4.78, 5) is 24.8. The van der Waals surface area contributed by atoms with Crippen molar-refractivity contribution in [3.63, 3.8) is 0 Å². The maximum absolute atomic E-state index is 14.2. The van der Waals surface area contributed by atoms with Crippen LogP contribution in [-0.4, -0.2) is 53.5 Å². The van der Waals surface area contributed by atoms with Crippen LogP contribution in [0.5, 0.6) is 34.5 Å². The van der Waals surface area contributed by atoms with Crippen LogP contribution in [-0.2, 0) is 16.0 Å². The fourth-order valence-corrected chi connectivity index (χ4v) is 4.52. The minimum atomic E-state index is -0.862. The zero-order valence-corrected chi connectivity index (χ0v) is 23.0. The number of esters is 1. The maximum atomic E-state index is 14.2. The van der Waals surface area contributed by atoms with Crippen LogP contribution in [0.3, 0.4) is 0 Å². The normalized spacial score (nSPS) is 15.7. The molecule has 1 heterocycles. The number of halogens is 1. The SMILES string of the molecule is COc1cc(OC)c2c(c1)O[C@H](c1cc(OC)c(OC)c(OC)c1)[C@H](OC(=O)c1ccc(F)c(NC(C)=O)c1)C2. The summed E-state index contributed by atoms with van der Waals surface area (Å²) in [5.74, 6) is 0.752. The van der Waals surface area contributed by atoms with Crippen LogP contribution in [0.4, 0.5) is 10.1 Å². The monoisotopic (exact) mass is 555 g/mol. The molecule has 0 spiro atoms. The van der Waals surface area contributed by atoms with Gasteiger partial charge >= 0.3 is 5.97 Å². The molecular weight excluding hydrogens is 525 g/mol. The number of ether oxygens (including phenoxy) is 7. The van der Waals surface area contributed by atoms with Gasteiger partial charge in [0.05, 0.1) is 46.8 Å². The quantitative estimate of drug-likeness (QED) is 0.375. The Balaban J connectivity index is 1.78. The van der Waals surface area contributed by atoms with E-state index in [1.54, 1.807) is 24.3 Å². The number of anilines is 1. The van der Waals surface area contributed by atoms with Crippen LogP contribution in [0.25, 0.3) is 0 Å². The molecule has 1 aliphatic heterocycles. The summed E-state index contributed by atoms with van der Waals surface area (Å²) in [5, 5.41) is 2.37. The Morgan fingerprint density at radius 2 is 1.55 bits per heavy atom. The van der Waals surface area contributed by atoms with E-state index in [1.807, 2.05) is 0 Å². The van der Waals surface area contributed by atoms with E-state index in [4.69, 9.17) is 33.2 Å². The molecule has 2 atom stereocenters. The number of amides is 1. The molecule has 0 aliphatic carbocycles. The molecule has 3 aromatic rings. The lowest BCUT2D eigenvalue weighted by Gasteiger charge is -2.34. The van der Waals surface area contributed by atoms with Gasteiger partial charge in [0.2, 0.25) is 11.7 Å². The summed E-state index contributed by atoms with van der Waals surface area (Å²) >= 11 is 0. The minimum absolute atomic E-state index is 0.0429. The number of carbonyl (C=O) groups excluding carboxylic acids is 2.